The van der Waals surface area contributed by atoms with Crippen LogP contribution in [-0.2, 0) is 4.79 Å². The van der Waals surface area contributed by atoms with Gasteiger partial charge in [-0.05, 0) is 42.3 Å². The Morgan fingerprint density at radius 2 is 1.35 bits per heavy atom. The number of para-hydroxylation sites is 1. The van der Waals surface area contributed by atoms with E-state index in [2.05, 4.69) is 69.4 Å². The van der Waals surface area contributed by atoms with Crippen molar-refractivity contribution in [1.82, 2.24) is 9.80 Å². The molecule has 1 amide bonds. The van der Waals surface area contributed by atoms with Crippen molar-refractivity contribution in [3.05, 3.63) is 101 Å². The number of benzene rings is 3. The van der Waals surface area contributed by atoms with Gasteiger partial charge in [-0.15, -0.1) is 0 Å². The number of amides is 1. The summed E-state index contributed by atoms with van der Waals surface area (Å²) < 4.78 is 6.92. The van der Waals surface area contributed by atoms with Gasteiger partial charge in [0.1, 0.15) is 5.75 Å². The molecule has 5 heteroatoms. The first kappa shape index (κ1) is 21.6. The summed E-state index contributed by atoms with van der Waals surface area (Å²) in [7, 11) is 0. The fraction of sp³-hybridized carbons (Fsp3) is 0.269. The SMILES string of the molecule is C[C@@H](Oc1ccccc1)C(=O)N1CCN([C@H](c2ccccc2)c2ccc(Br)cc2)CC1. The number of hydrogen-bond acceptors (Lipinski definition) is 3. The summed E-state index contributed by atoms with van der Waals surface area (Å²) in [6.07, 6.45) is -0.495. The van der Waals surface area contributed by atoms with E-state index in [1.165, 1.54) is 11.1 Å². The maximum absolute atomic E-state index is 12.9. The Morgan fingerprint density at radius 1 is 0.806 bits per heavy atom. The van der Waals surface area contributed by atoms with Crippen molar-refractivity contribution >= 4 is 21.8 Å². The van der Waals surface area contributed by atoms with Crippen LogP contribution in [0.1, 0.15) is 24.1 Å². The zero-order valence-corrected chi connectivity index (χ0v) is 19.2. The molecule has 0 aromatic heterocycles. The summed E-state index contributed by atoms with van der Waals surface area (Å²) in [5.74, 6) is 0.768. The number of carbonyl (C=O) groups is 1. The molecule has 1 aliphatic heterocycles. The molecule has 0 N–H and O–H groups in total. The Labute approximate surface area is 192 Å². The van der Waals surface area contributed by atoms with E-state index in [4.69, 9.17) is 4.74 Å². The molecule has 1 fully saturated rings. The average Bonchev–Trinajstić information content (AvgIpc) is 2.82. The first-order valence-corrected chi connectivity index (χ1v) is 11.5. The van der Waals surface area contributed by atoms with Crippen LogP contribution in [0.4, 0.5) is 0 Å². The van der Waals surface area contributed by atoms with E-state index < -0.39 is 6.10 Å². The van der Waals surface area contributed by atoms with Crippen molar-refractivity contribution in [2.75, 3.05) is 26.2 Å². The van der Waals surface area contributed by atoms with Crippen LogP contribution in [0.3, 0.4) is 0 Å². The van der Waals surface area contributed by atoms with Gasteiger partial charge in [0.05, 0.1) is 6.04 Å². The summed E-state index contributed by atoms with van der Waals surface area (Å²) in [5, 5.41) is 0. The van der Waals surface area contributed by atoms with Gasteiger partial charge < -0.3 is 9.64 Å². The third kappa shape index (κ3) is 5.35. The van der Waals surface area contributed by atoms with Crippen molar-refractivity contribution in [1.29, 1.82) is 0 Å². The minimum absolute atomic E-state index is 0.0448. The van der Waals surface area contributed by atoms with Crippen molar-refractivity contribution in [2.45, 2.75) is 19.1 Å². The molecule has 4 rings (SSSR count). The summed E-state index contributed by atoms with van der Waals surface area (Å²) in [6, 6.07) is 28.8. The molecule has 3 aromatic rings. The van der Waals surface area contributed by atoms with E-state index in [0.717, 1.165) is 23.3 Å². The quantitative estimate of drug-likeness (QED) is 0.490. The molecule has 31 heavy (non-hydrogen) atoms. The lowest BCUT2D eigenvalue weighted by Gasteiger charge is -2.40. The second-order valence-corrected chi connectivity index (χ2v) is 8.71. The topological polar surface area (TPSA) is 32.8 Å². The molecular weight excluding hydrogens is 452 g/mol. The lowest BCUT2D eigenvalue weighted by molar-refractivity contribution is -0.140. The summed E-state index contributed by atoms with van der Waals surface area (Å²) >= 11 is 3.54. The highest BCUT2D eigenvalue weighted by molar-refractivity contribution is 9.10. The predicted molar refractivity (Wildman–Crippen MR) is 127 cm³/mol. The molecule has 3 aromatic carbocycles. The van der Waals surface area contributed by atoms with E-state index in [1.54, 1.807) is 0 Å². The van der Waals surface area contributed by atoms with Crippen molar-refractivity contribution in [2.24, 2.45) is 0 Å². The first-order chi connectivity index (χ1) is 15.1. The minimum atomic E-state index is -0.495. The maximum atomic E-state index is 12.9. The zero-order chi connectivity index (χ0) is 21.6. The second kappa shape index (κ2) is 10.1. The first-order valence-electron chi connectivity index (χ1n) is 10.7. The Morgan fingerprint density at radius 3 is 1.97 bits per heavy atom. The summed E-state index contributed by atoms with van der Waals surface area (Å²) in [4.78, 5) is 17.3. The highest BCUT2D eigenvalue weighted by atomic mass is 79.9. The second-order valence-electron chi connectivity index (χ2n) is 7.80. The zero-order valence-electron chi connectivity index (χ0n) is 17.7. The van der Waals surface area contributed by atoms with Crippen molar-refractivity contribution in [3.63, 3.8) is 0 Å². The fourth-order valence-corrected chi connectivity index (χ4v) is 4.37. The molecule has 0 aliphatic carbocycles. The molecule has 2 atom stereocenters. The van der Waals surface area contributed by atoms with Crippen LogP contribution < -0.4 is 4.74 Å². The molecule has 0 radical (unpaired) electrons. The molecule has 0 saturated carbocycles. The molecule has 1 saturated heterocycles. The normalized spacial score (nSPS) is 16.5. The van der Waals surface area contributed by atoms with Crippen LogP contribution in [0, 0.1) is 0 Å². The maximum Gasteiger partial charge on any atom is 0.263 e. The monoisotopic (exact) mass is 478 g/mol. The fourth-order valence-electron chi connectivity index (χ4n) is 4.11. The van der Waals surface area contributed by atoms with Gasteiger partial charge in [-0.1, -0.05) is 76.6 Å². The Hall–Kier alpha value is -2.63. The van der Waals surface area contributed by atoms with E-state index in [-0.39, 0.29) is 11.9 Å². The van der Waals surface area contributed by atoms with Gasteiger partial charge in [-0.25, -0.2) is 0 Å². The molecule has 0 unspecified atom stereocenters. The van der Waals surface area contributed by atoms with E-state index >= 15 is 0 Å². The van der Waals surface area contributed by atoms with Crippen LogP contribution in [0.2, 0.25) is 0 Å². The molecule has 4 nitrogen and oxygen atoms in total. The molecule has 1 aliphatic rings. The molecule has 160 valence electrons. The van der Waals surface area contributed by atoms with Crippen LogP contribution >= 0.6 is 15.9 Å². The number of rotatable bonds is 6. The average molecular weight is 479 g/mol. The number of ether oxygens (including phenoxy) is 1. The lowest BCUT2D eigenvalue weighted by Crippen LogP contribution is -2.52. The number of halogens is 1. The van der Waals surface area contributed by atoms with Crippen molar-refractivity contribution < 1.29 is 9.53 Å². The van der Waals surface area contributed by atoms with Gasteiger partial charge in [0.25, 0.3) is 5.91 Å². The standard InChI is InChI=1S/C26H27BrN2O2/c1-20(31-24-10-6-3-7-11-24)26(30)29-18-16-28(17-19-29)25(21-8-4-2-5-9-21)22-12-14-23(27)15-13-22/h2-15,20,25H,16-19H2,1H3/t20-,25-/m1/s1. The summed E-state index contributed by atoms with van der Waals surface area (Å²) in [5.41, 5.74) is 2.53. The molecule has 0 spiro atoms. The number of piperazine rings is 1. The Balaban J connectivity index is 1.44. The van der Waals surface area contributed by atoms with Gasteiger partial charge in [-0.3, -0.25) is 9.69 Å². The van der Waals surface area contributed by atoms with E-state index in [1.807, 2.05) is 48.2 Å². The van der Waals surface area contributed by atoms with Crippen LogP contribution in [0.25, 0.3) is 0 Å². The Bertz CT molecular complexity index is 971. The number of carbonyl (C=O) groups excluding carboxylic acids is 1. The van der Waals surface area contributed by atoms with E-state index in [0.29, 0.717) is 13.1 Å². The third-order valence-electron chi connectivity index (χ3n) is 5.70. The molecule has 1 heterocycles. The third-order valence-corrected chi connectivity index (χ3v) is 6.22. The predicted octanol–water partition coefficient (Wildman–Crippen LogP) is 5.15. The smallest absolute Gasteiger partial charge is 0.263 e. The number of hydrogen-bond donors (Lipinski definition) is 0. The lowest BCUT2D eigenvalue weighted by atomic mass is 9.96. The van der Waals surface area contributed by atoms with Crippen LogP contribution in [0.5, 0.6) is 5.75 Å². The summed E-state index contributed by atoms with van der Waals surface area (Å²) in [6.45, 7) is 4.86. The van der Waals surface area contributed by atoms with Gasteiger partial charge >= 0.3 is 0 Å². The molecule has 0 bridgehead atoms. The van der Waals surface area contributed by atoms with Gasteiger partial charge in [-0.2, -0.15) is 0 Å². The van der Waals surface area contributed by atoms with Gasteiger partial charge in [0, 0.05) is 30.7 Å². The van der Waals surface area contributed by atoms with E-state index in [9.17, 15) is 4.79 Å². The molecular formula is C26H27BrN2O2. The van der Waals surface area contributed by atoms with Crippen molar-refractivity contribution in [3.8, 4) is 5.75 Å². The van der Waals surface area contributed by atoms with Crippen LogP contribution in [0.15, 0.2) is 89.4 Å². The number of nitrogens with zero attached hydrogens (tertiary/aromatic N) is 2. The largest absolute Gasteiger partial charge is 0.481 e. The van der Waals surface area contributed by atoms with Gasteiger partial charge in [0.15, 0.2) is 6.10 Å². The van der Waals surface area contributed by atoms with Crippen LogP contribution in [-0.4, -0.2) is 48.0 Å². The Kier molecular flexibility index (Phi) is 7.05. The van der Waals surface area contributed by atoms with Gasteiger partial charge in [0.2, 0.25) is 0 Å². The highest BCUT2D eigenvalue weighted by Gasteiger charge is 2.30. The highest BCUT2D eigenvalue weighted by Crippen LogP contribution is 2.30. The minimum Gasteiger partial charge on any atom is -0.481 e.